The number of nitrogens with one attached hydrogen (secondary N) is 1. The molecule has 4 nitrogen and oxygen atoms in total. The molecule has 1 aromatic heterocycles. The molecule has 2 aromatic rings. The molecule has 0 aliphatic rings. The van der Waals surface area contributed by atoms with Crippen molar-refractivity contribution in [2.75, 3.05) is 6.61 Å². The van der Waals surface area contributed by atoms with Crippen molar-refractivity contribution in [1.29, 1.82) is 0 Å². The van der Waals surface area contributed by atoms with Crippen molar-refractivity contribution in [3.8, 4) is 11.8 Å². The fraction of sp³-hybridized carbons (Fsp3) is 0.143. The molecular formula is C14H13NO3S2. The van der Waals surface area contributed by atoms with Gasteiger partial charge in [0, 0.05) is 17.0 Å². The van der Waals surface area contributed by atoms with Crippen LogP contribution in [0.15, 0.2) is 46.7 Å². The van der Waals surface area contributed by atoms with Gasteiger partial charge in [0.25, 0.3) is 0 Å². The van der Waals surface area contributed by atoms with Gasteiger partial charge in [0.15, 0.2) is 0 Å². The van der Waals surface area contributed by atoms with Crippen LogP contribution in [0.2, 0.25) is 0 Å². The predicted octanol–water partition coefficient (Wildman–Crippen LogP) is 1.57. The molecule has 1 heterocycles. The number of sulfonamides is 1. The Balaban J connectivity index is 2.25. The average molecular weight is 307 g/mol. The van der Waals surface area contributed by atoms with Gasteiger partial charge < -0.3 is 5.11 Å². The van der Waals surface area contributed by atoms with Crippen molar-refractivity contribution >= 4 is 21.4 Å². The molecule has 2 N–H and O–H groups in total. The van der Waals surface area contributed by atoms with E-state index in [1.165, 1.54) is 17.4 Å². The first-order valence-corrected chi connectivity index (χ1v) is 8.20. The first-order valence-electron chi connectivity index (χ1n) is 5.84. The lowest BCUT2D eigenvalue weighted by Gasteiger charge is -2.07. The molecule has 0 radical (unpaired) electrons. The maximum atomic E-state index is 12.3. The van der Waals surface area contributed by atoms with Crippen LogP contribution in [0.3, 0.4) is 0 Å². The molecule has 0 spiro atoms. The number of thiophene rings is 1. The second-order valence-corrected chi connectivity index (χ2v) is 6.63. The first-order chi connectivity index (χ1) is 9.63. The van der Waals surface area contributed by atoms with Gasteiger partial charge >= 0.3 is 0 Å². The van der Waals surface area contributed by atoms with Gasteiger partial charge in [0.1, 0.15) is 6.61 Å². The summed E-state index contributed by atoms with van der Waals surface area (Å²) in [6.45, 7) is -0.0568. The van der Waals surface area contributed by atoms with Crippen molar-refractivity contribution < 1.29 is 13.5 Å². The summed E-state index contributed by atoms with van der Waals surface area (Å²) in [4.78, 5) is 1.06. The molecule has 0 aliphatic carbocycles. The van der Waals surface area contributed by atoms with Crippen molar-refractivity contribution in [3.63, 3.8) is 0 Å². The maximum absolute atomic E-state index is 12.3. The van der Waals surface area contributed by atoms with Crippen LogP contribution in [0.25, 0.3) is 0 Å². The molecule has 0 fully saturated rings. The fourth-order valence-electron chi connectivity index (χ4n) is 1.60. The van der Waals surface area contributed by atoms with Gasteiger partial charge in [-0.05, 0) is 23.6 Å². The lowest BCUT2D eigenvalue weighted by atomic mass is 10.2. The number of hydrogen-bond donors (Lipinski definition) is 2. The lowest BCUT2D eigenvalue weighted by Crippen LogP contribution is -2.23. The second kappa shape index (κ2) is 6.68. The molecule has 104 valence electrons. The highest BCUT2D eigenvalue weighted by Crippen LogP contribution is 2.15. The molecule has 2 rings (SSSR count). The van der Waals surface area contributed by atoms with Crippen LogP contribution < -0.4 is 4.72 Å². The summed E-state index contributed by atoms with van der Waals surface area (Å²) in [6, 6.07) is 10.2. The summed E-state index contributed by atoms with van der Waals surface area (Å²) in [5.74, 6) is 5.11. The summed E-state index contributed by atoms with van der Waals surface area (Å²) in [5.41, 5.74) is 0.375. The molecule has 0 aliphatic heterocycles. The van der Waals surface area contributed by atoms with Crippen LogP contribution in [0, 0.1) is 11.8 Å². The molecule has 0 unspecified atom stereocenters. The van der Waals surface area contributed by atoms with E-state index in [1.54, 1.807) is 18.2 Å². The minimum Gasteiger partial charge on any atom is -0.384 e. The Hall–Kier alpha value is -1.65. The molecule has 1 aromatic carbocycles. The van der Waals surface area contributed by atoms with Crippen LogP contribution in [0.1, 0.15) is 10.4 Å². The van der Waals surface area contributed by atoms with Gasteiger partial charge in [-0.2, -0.15) is 0 Å². The van der Waals surface area contributed by atoms with Crippen molar-refractivity contribution in [2.45, 2.75) is 11.4 Å². The summed E-state index contributed by atoms with van der Waals surface area (Å²) < 4.78 is 27.1. The third kappa shape index (κ3) is 3.68. The Labute approximate surface area is 122 Å². The summed E-state index contributed by atoms with van der Waals surface area (Å²) >= 11 is 1.49. The lowest BCUT2D eigenvalue weighted by molar-refractivity contribution is 0.350. The number of aliphatic hydroxyl groups excluding tert-OH is 1. The first kappa shape index (κ1) is 14.8. The van der Waals surface area contributed by atoms with Crippen LogP contribution in [-0.4, -0.2) is 20.1 Å². The Bertz CT molecular complexity index is 725. The Morgan fingerprint density at radius 3 is 2.70 bits per heavy atom. The smallest absolute Gasteiger partial charge is 0.242 e. The maximum Gasteiger partial charge on any atom is 0.242 e. The van der Waals surface area contributed by atoms with E-state index in [2.05, 4.69) is 16.6 Å². The van der Waals surface area contributed by atoms with E-state index >= 15 is 0 Å². The van der Waals surface area contributed by atoms with E-state index in [1.807, 2.05) is 17.5 Å². The molecule has 0 amide bonds. The summed E-state index contributed by atoms with van der Waals surface area (Å²) in [5, 5.41) is 10.6. The molecular weight excluding hydrogens is 294 g/mol. The Morgan fingerprint density at radius 2 is 2.00 bits per heavy atom. The van der Waals surface area contributed by atoms with E-state index in [4.69, 9.17) is 5.11 Å². The monoisotopic (exact) mass is 307 g/mol. The highest BCUT2D eigenvalue weighted by molar-refractivity contribution is 7.89. The minimum atomic E-state index is -3.62. The number of benzene rings is 1. The largest absolute Gasteiger partial charge is 0.384 e. The van der Waals surface area contributed by atoms with Crippen LogP contribution in [0.4, 0.5) is 0 Å². The Kier molecular flexibility index (Phi) is 4.93. The normalized spacial score (nSPS) is 10.8. The van der Waals surface area contributed by atoms with Gasteiger partial charge in [-0.3, -0.25) is 0 Å². The number of hydrogen-bond acceptors (Lipinski definition) is 4. The Morgan fingerprint density at radius 1 is 1.20 bits per heavy atom. The van der Waals surface area contributed by atoms with Gasteiger partial charge in [-0.25, -0.2) is 13.1 Å². The third-order valence-corrected chi connectivity index (χ3v) is 4.83. The summed E-state index contributed by atoms with van der Waals surface area (Å²) in [7, 11) is -3.62. The summed E-state index contributed by atoms with van der Waals surface area (Å²) in [6.07, 6.45) is 0. The zero-order valence-corrected chi connectivity index (χ0v) is 12.2. The van der Waals surface area contributed by atoms with Gasteiger partial charge in [0.05, 0.1) is 4.90 Å². The predicted molar refractivity (Wildman–Crippen MR) is 78.8 cm³/mol. The molecule has 0 atom stereocenters. The van der Waals surface area contributed by atoms with Gasteiger partial charge in [-0.15, -0.1) is 11.3 Å². The average Bonchev–Trinajstić information content (AvgIpc) is 2.97. The van der Waals surface area contributed by atoms with Crippen molar-refractivity contribution in [3.05, 3.63) is 52.2 Å². The molecule has 0 bridgehead atoms. The van der Waals surface area contributed by atoms with E-state index in [0.717, 1.165) is 4.88 Å². The standard InChI is InChI=1S/C14H13NO3S2/c16-9-3-6-12-5-1-2-8-14(12)20(17,18)15-11-13-7-4-10-19-13/h1-2,4-5,7-8,10,15-16H,9,11H2. The van der Waals surface area contributed by atoms with Gasteiger partial charge in [0.2, 0.25) is 10.0 Å². The zero-order chi connectivity index (χ0) is 14.4. The van der Waals surface area contributed by atoms with E-state index in [-0.39, 0.29) is 18.0 Å². The zero-order valence-electron chi connectivity index (χ0n) is 10.5. The molecule has 20 heavy (non-hydrogen) atoms. The van der Waals surface area contributed by atoms with Crippen molar-refractivity contribution in [2.24, 2.45) is 0 Å². The highest BCUT2D eigenvalue weighted by Gasteiger charge is 2.17. The van der Waals surface area contributed by atoms with E-state index < -0.39 is 10.0 Å². The number of aliphatic hydroxyl groups is 1. The minimum absolute atomic E-state index is 0.123. The van der Waals surface area contributed by atoms with Crippen LogP contribution in [0.5, 0.6) is 0 Å². The quantitative estimate of drug-likeness (QED) is 0.843. The van der Waals surface area contributed by atoms with E-state index in [0.29, 0.717) is 5.56 Å². The fourth-order valence-corrected chi connectivity index (χ4v) is 3.50. The van der Waals surface area contributed by atoms with Gasteiger partial charge in [-0.1, -0.05) is 30.0 Å². The SMILES string of the molecule is O=S(=O)(NCc1cccs1)c1ccccc1C#CCO. The van der Waals surface area contributed by atoms with Crippen LogP contribution in [-0.2, 0) is 16.6 Å². The highest BCUT2D eigenvalue weighted by atomic mass is 32.2. The third-order valence-electron chi connectivity index (χ3n) is 2.50. The number of rotatable bonds is 4. The van der Waals surface area contributed by atoms with Crippen LogP contribution >= 0.6 is 11.3 Å². The van der Waals surface area contributed by atoms with E-state index in [9.17, 15) is 8.42 Å². The second-order valence-electron chi connectivity index (χ2n) is 3.86. The molecule has 0 saturated carbocycles. The topological polar surface area (TPSA) is 66.4 Å². The molecule has 6 heteroatoms. The molecule has 0 saturated heterocycles. The van der Waals surface area contributed by atoms with Crippen molar-refractivity contribution in [1.82, 2.24) is 4.72 Å².